The van der Waals surface area contributed by atoms with Crippen LogP contribution in [0.2, 0.25) is 5.02 Å². The lowest BCUT2D eigenvalue weighted by atomic mass is 9.86. The van der Waals surface area contributed by atoms with Gasteiger partial charge < -0.3 is 28.4 Å². The molecule has 0 N–H and O–H groups in total. The molecule has 0 bridgehead atoms. The van der Waals surface area contributed by atoms with Gasteiger partial charge >= 0.3 is 6.09 Å². The van der Waals surface area contributed by atoms with E-state index < -0.39 is 27.6 Å². The van der Waals surface area contributed by atoms with Gasteiger partial charge in [0.1, 0.15) is 22.0 Å². The molecule has 51 heavy (non-hydrogen) atoms. The van der Waals surface area contributed by atoms with Crippen molar-refractivity contribution in [1.29, 1.82) is 0 Å². The van der Waals surface area contributed by atoms with Crippen molar-refractivity contribution in [2.75, 3.05) is 64.8 Å². The Morgan fingerprint density at radius 2 is 1.63 bits per heavy atom. The van der Waals surface area contributed by atoms with Crippen molar-refractivity contribution >= 4 is 75.1 Å². The number of fused-ring (bicyclic) bond motifs is 2. The summed E-state index contributed by atoms with van der Waals surface area (Å²) in [4.78, 5) is 35.3. The summed E-state index contributed by atoms with van der Waals surface area (Å²) in [6, 6.07) is 15.8. The number of carbonyl (C=O) groups is 2. The second kappa shape index (κ2) is 15.1. The van der Waals surface area contributed by atoms with Crippen molar-refractivity contribution in [1.82, 2.24) is 14.7 Å². The Labute approximate surface area is 314 Å². The largest absolute Gasteiger partial charge is 0.497 e. The molecule has 3 aliphatic rings. The third-order valence-electron chi connectivity index (χ3n) is 9.81. The second-order valence-electron chi connectivity index (χ2n) is 12.5. The fourth-order valence-corrected chi connectivity index (χ4v) is 8.94. The molecule has 3 aliphatic heterocycles. The molecule has 1 unspecified atom stereocenters. The van der Waals surface area contributed by atoms with E-state index in [1.807, 2.05) is 0 Å². The number of anilines is 1. The SMILES string of the molecule is COc1ccc(S(=O)(=O)N2C(=O)C(OC(=O)N3CCN(C4CCN(C)CC4)CC3)(c3cccc4ccoc34)c3cc(Cl)ccc32)c(OC)c1.Cl.Cl. The molecule has 3 aromatic carbocycles. The minimum Gasteiger partial charge on any atom is -0.497 e. The molecule has 0 aliphatic carbocycles. The van der Waals surface area contributed by atoms with E-state index in [1.165, 1.54) is 56.9 Å². The first kappa shape index (κ1) is 38.5. The number of sulfonamides is 1. The van der Waals surface area contributed by atoms with Gasteiger partial charge in [-0.1, -0.05) is 29.8 Å². The quantitative estimate of drug-likeness (QED) is 0.228. The first-order valence-electron chi connectivity index (χ1n) is 16.1. The van der Waals surface area contributed by atoms with Crippen molar-refractivity contribution in [2.45, 2.75) is 29.4 Å². The number of furan rings is 1. The molecule has 274 valence electrons. The van der Waals surface area contributed by atoms with Crippen LogP contribution in [-0.4, -0.2) is 102 Å². The summed E-state index contributed by atoms with van der Waals surface area (Å²) < 4.78 is 52.7. The summed E-state index contributed by atoms with van der Waals surface area (Å²) >= 11 is 6.53. The van der Waals surface area contributed by atoms with Gasteiger partial charge in [0.2, 0.25) is 5.60 Å². The summed E-state index contributed by atoms with van der Waals surface area (Å²) in [5.74, 6) is -0.697. The Kier molecular flexibility index (Phi) is 11.4. The molecular weight excluding hydrogens is 743 g/mol. The van der Waals surface area contributed by atoms with Crippen molar-refractivity contribution in [3.8, 4) is 11.5 Å². The van der Waals surface area contributed by atoms with E-state index >= 15 is 4.79 Å². The molecule has 0 spiro atoms. The topological polar surface area (TPSA) is 122 Å². The van der Waals surface area contributed by atoms with Crippen LogP contribution in [0.3, 0.4) is 0 Å². The van der Waals surface area contributed by atoms with Crippen LogP contribution in [0.1, 0.15) is 24.0 Å². The van der Waals surface area contributed by atoms with E-state index in [9.17, 15) is 13.2 Å². The molecule has 2 saturated heterocycles. The van der Waals surface area contributed by atoms with E-state index in [1.54, 1.807) is 29.2 Å². The van der Waals surface area contributed by atoms with Crippen LogP contribution in [-0.2, 0) is 25.2 Å². The highest BCUT2D eigenvalue weighted by Crippen LogP contribution is 2.52. The molecule has 12 nitrogen and oxygen atoms in total. The number of amides is 2. The number of nitrogens with zero attached hydrogens (tertiary/aromatic N) is 4. The Morgan fingerprint density at radius 3 is 2.31 bits per heavy atom. The van der Waals surface area contributed by atoms with Crippen LogP contribution in [0.25, 0.3) is 11.0 Å². The van der Waals surface area contributed by atoms with E-state index in [-0.39, 0.29) is 62.9 Å². The van der Waals surface area contributed by atoms with Crippen LogP contribution in [0.15, 0.2) is 76.2 Å². The van der Waals surface area contributed by atoms with Crippen molar-refractivity contribution < 1.29 is 36.6 Å². The number of halogens is 3. The van der Waals surface area contributed by atoms with Gasteiger partial charge in [0, 0.05) is 54.3 Å². The summed E-state index contributed by atoms with van der Waals surface area (Å²) in [7, 11) is 0.220. The number of piperidine rings is 1. The van der Waals surface area contributed by atoms with Crippen LogP contribution in [0.5, 0.6) is 11.5 Å². The predicted molar refractivity (Wildman–Crippen MR) is 197 cm³/mol. The molecule has 2 fully saturated rings. The standard InChI is InChI=1S/C35H37ClN4O8S.2ClH/c1-37-14-11-25(12-15-37)38-16-18-39(19-17-38)34(42)48-35(27-6-4-5-23-13-20-47-32(23)27)28-21-24(36)7-9-29(28)40(33(35)41)49(43,44)31-10-8-26(45-2)22-30(31)46-3;;/h4-10,13,20-22,25H,11-12,14-19H2,1-3H3;2*1H. The van der Waals surface area contributed by atoms with E-state index in [0.717, 1.165) is 25.9 Å². The molecule has 4 aromatic rings. The number of para-hydroxylation sites is 1. The lowest BCUT2D eigenvalue weighted by Crippen LogP contribution is -2.55. The van der Waals surface area contributed by atoms with Gasteiger partial charge in [-0.05, 0) is 69.4 Å². The van der Waals surface area contributed by atoms with Crippen LogP contribution in [0.4, 0.5) is 10.5 Å². The lowest BCUT2D eigenvalue weighted by molar-refractivity contribution is -0.132. The molecular formula is C35H39Cl3N4O8S. The van der Waals surface area contributed by atoms with Crippen LogP contribution < -0.4 is 13.8 Å². The first-order valence-corrected chi connectivity index (χ1v) is 17.9. The third kappa shape index (κ3) is 6.60. The number of likely N-dealkylation sites (tertiary alicyclic amines) is 1. The molecule has 1 atom stereocenters. The smallest absolute Gasteiger partial charge is 0.411 e. The predicted octanol–water partition coefficient (Wildman–Crippen LogP) is 5.77. The highest BCUT2D eigenvalue weighted by atomic mass is 35.5. The molecule has 4 heterocycles. The molecule has 1 aromatic heterocycles. The van der Waals surface area contributed by atoms with Gasteiger partial charge in [0.15, 0.2) is 0 Å². The summed E-state index contributed by atoms with van der Waals surface area (Å²) in [5.41, 5.74) is -1.77. The zero-order chi connectivity index (χ0) is 34.5. The summed E-state index contributed by atoms with van der Waals surface area (Å²) in [5, 5.41) is 0.848. The average Bonchev–Trinajstić information content (AvgIpc) is 3.69. The number of ether oxygens (including phenoxy) is 3. The maximum absolute atomic E-state index is 15.1. The molecule has 7 rings (SSSR count). The average molecular weight is 782 g/mol. The zero-order valence-corrected chi connectivity index (χ0v) is 31.4. The Hall–Kier alpha value is -3.72. The van der Waals surface area contributed by atoms with Gasteiger partial charge in [0.25, 0.3) is 15.9 Å². The number of methoxy groups -OCH3 is 2. The number of piperazine rings is 1. The van der Waals surface area contributed by atoms with Gasteiger partial charge in [-0.25, -0.2) is 13.2 Å². The van der Waals surface area contributed by atoms with Crippen LogP contribution >= 0.6 is 36.4 Å². The third-order valence-corrected chi connectivity index (χ3v) is 11.8. The van der Waals surface area contributed by atoms with Crippen molar-refractivity contribution in [3.63, 3.8) is 0 Å². The maximum atomic E-state index is 15.1. The zero-order valence-electron chi connectivity index (χ0n) is 28.2. The molecule has 2 amide bonds. The number of rotatable bonds is 7. The van der Waals surface area contributed by atoms with Gasteiger partial charge in [-0.2, -0.15) is 4.31 Å². The summed E-state index contributed by atoms with van der Waals surface area (Å²) in [6.07, 6.45) is 2.83. The molecule has 0 saturated carbocycles. The fraction of sp³-hybridized carbons (Fsp3) is 0.371. The Balaban J connectivity index is 0.00000252. The van der Waals surface area contributed by atoms with Crippen molar-refractivity contribution in [2.24, 2.45) is 0 Å². The van der Waals surface area contributed by atoms with E-state index in [2.05, 4.69) is 16.8 Å². The lowest BCUT2D eigenvalue weighted by Gasteiger charge is -2.42. The van der Waals surface area contributed by atoms with Gasteiger partial charge in [-0.15, -0.1) is 24.8 Å². The van der Waals surface area contributed by atoms with E-state index in [0.29, 0.717) is 47.7 Å². The van der Waals surface area contributed by atoms with Gasteiger partial charge in [-0.3, -0.25) is 9.69 Å². The number of benzene rings is 3. The fourth-order valence-electron chi connectivity index (χ4n) is 7.17. The number of hydrogen-bond donors (Lipinski definition) is 0. The monoisotopic (exact) mass is 780 g/mol. The van der Waals surface area contributed by atoms with E-state index in [4.69, 9.17) is 30.2 Å². The molecule has 0 radical (unpaired) electrons. The van der Waals surface area contributed by atoms with Crippen molar-refractivity contribution in [3.05, 3.63) is 83.1 Å². The van der Waals surface area contributed by atoms with Gasteiger partial charge in [0.05, 0.1) is 31.7 Å². The Morgan fingerprint density at radius 1 is 0.902 bits per heavy atom. The highest BCUT2D eigenvalue weighted by molar-refractivity contribution is 7.93. The molecule has 16 heteroatoms. The highest BCUT2D eigenvalue weighted by Gasteiger charge is 2.61. The maximum Gasteiger partial charge on any atom is 0.411 e. The van der Waals surface area contributed by atoms with Crippen LogP contribution in [0, 0.1) is 0 Å². The minimum absolute atomic E-state index is 0. The minimum atomic E-state index is -4.67. The first-order chi connectivity index (χ1) is 23.6. The Bertz CT molecular complexity index is 2030. The number of hydrogen-bond acceptors (Lipinski definition) is 10. The summed E-state index contributed by atoms with van der Waals surface area (Å²) in [6.45, 7) is 4.12. The second-order valence-corrected chi connectivity index (χ2v) is 14.7. The normalized spacial score (nSPS) is 20.0. The number of carbonyl (C=O) groups excluding carboxylic acids is 2.